The number of hydrogen-bond donors (Lipinski definition) is 1. The van der Waals surface area contributed by atoms with Crippen molar-refractivity contribution in [3.05, 3.63) is 76.8 Å². The van der Waals surface area contributed by atoms with E-state index in [0.717, 1.165) is 17.5 Å². The Morgan fingerprint density at radius 2 is 1.67 bits per heavy atom. The molecule has 0 aliphatic carbocycles. The van der Waals surface area contributed by atoms with E-state index in [0.29, 0.717) is 5.39 Å². The fourth-order valence-electron chi connectivity index (χ4n) is 2.41. The van der Waals surface area contributed by atoms with Crippen molar-refractivity contribution in [2.24, 2.45) is 0 Å². The number of sulfonamides is 1. The summed E-state index contributed by atoms with van der Waals surface area (Å²) in [5.74, 6) is -1.84. The zero-order chi connectivity index (χ0) is 17.3. The van der Waals surface area contributed by atoms with Crippen molar-refractivity contribution in [3.8, 4) is 0 Å². The number of rotatable bonds is 4. The summed E-state index contributed by atoms with van der Waals surface area (Å²) in [5, 5.41) is 1.01. The third kappa shape index (κ3) is 3.13. The molecule has 0 amide bonds. The predicted molar refractivity (Wildman–Crippen MR) is 89.3 cm³/mol. The first-order valence-electron chi connectivity index (χ1n) is 7.00. The first-order valence-corrected chi connectivity index (χ1v) is 8.86. The largest absolute Gasteiger partial charge is 0.241 e. The highest BCUT2D eigenvalue weighted by atomic mass is 35.5. The van der Waals surface area contributed by atoms with Crippen molar-refractivity contribution in [1.82, 2.24) is 4.72 Å². The summed E-state index contributed by atoms with van der Waals surface area (Å²) in [6.07, 6.45) is 0. The van der Waals surface area contributed by atoms with Gasteiger partial charge in [-0.15, -0.1) is 0 Å². The Kier molecular flexibility index (Phi) is 4.54. The van der Waals surface area contributed by atoms with Crippen LogP contribution in [0.2, 0.25) is 5.02 Å². The summed E-state index contributed by atoms with van der Waals surface area (Å²) in [6.45, 7) is -0.538. The second-order valence-electron chi connectivity index (χ2n) is 5.12. The van der Waals surface area contributed by atoms with Crippen LogP contribution in [-0.2, 0) is 16.6 Å². The molecule has 0 atom stereocenters. The highest BCUT2D eigenvalue weighted by molar-refractivity contribution is 7.89. The van der Waals surface area contributed by atoms with E-state index in [1.165, 1.54) is 6.07 Å². The van der Waals surface area contributed by atoms with Gasteiger partial charge in [-0.25, -0.2) is 21.9 Å². The van der Waals surface area contributed by atoms with Crippen LogP contribution in [0.15, 0.2) is 59.5 Å². The van der Waals surface area contributed by atoms with Crippen LogP contribution in [0.25, 0.3) is 10.8 Å². The molecule has 0 bridgehead atoms. The number of halogens is 3. The molecule has 0 aliphatic heterocycles. The lowest BCUT2D eigenvalue weighted by Gasteiger charge is -2.11. The molecule has 0 radical (unpaired) electrons. The minimum Gasteiger partial charge on any atom is -0.207 e. The molecule has 3 nitrogen and oxygen atoms in total. The Labute approximate surface area is 142 Å². The Morgan fingerprint density at radius 3 is 2.46 bits per heavy atom. The van der Waals surface area contributed by atoms with Crippen LogP contribution in [0, 0.1) is 11.6 Å². The average molecular weight is 368 g/mol. The number of hydrogen-bond acceptors (Lipinski definition) is 2. The first kappa shape index (κ1) is 16.8. The van der Waals surface area contributed by atoms with Crippen LogP contribution in [0.1, 0.15) is 5.56 Å². The molecular formula is C17H12ClF2NO2S. The van der Waals surface area contributed by atoms with E-state index < -0.39 is 33.8 Å². The van der Waals surface area contributed by atoms with Crippen LogP contribution >= 0.6 is 11.6 Å². The van der Waals surface area contributed by atoms with Gasteiger partial charge in [-0.3, -0.25) is 0 Å². The average Bonchev–Trinajstić information content (AvgIpc) is 2.57. The summed E-state index contributed by atoms with van der Waals surface area (Å²) in [6, 6.07) is 13.9. The number of benzene rings is 3. The quantitative estimate of drug-likeness (QED) is 0.701. The third-order valence-electron chi connectivity index (χ3n) is 3.62. The molecule has 0 heterocycles. The molecule has 0 aliphatic rings. The van der Waals surface area contributed by atoms with Gasteiger partial charge < -0.3 is 0 Å². The van der Waals surface area contributed by atoms with E-state index in [1.807, 2.05) is 0 Å². The Bertz CT molecular complexity index is 1020. The highest BCUT2D eigenvalue weighted by Crippen LogP contribution is 2.24. The van der Waals surface area contributed by atoms with Crippen molar-refractivity contribution >= 4 is 32.4 Å². The molecule has 3 aromatic rings. The first-order chi connectivity index (χ1) is 11.4. The fourth-order valence-corrected chi connectivity index (χ4v) is 3.81. The van der Waals surface area contributed by atoms with Gasteiger partial charge in [0.05, 0.1) is 9.92 Å². The van der Waals surface area contributed by atoms with Gasteiger partial charge in [-0.05, 0) is 23.6 Å². The van der Waals surface area contributed by atoms with E-state index in [1.54, 1.807) is 36.4 Å². The van der Waals surface area contributed by atoms with Crippen LogP contribution in [0.5, 0.6) is 0 Å². The van der Waals surface area contributed by atoms with Gasteiger partial charge in [0.15, 0.2) is 0 Å². The Morgan fingerprint density at radius 1 is 0.958 bits per heavy atom. The fraction of sp³-hybridized carbons (Fsp3) is 0.0588. The van der Waals surface area contributed by atoms with E-state index in [4.69, 9.17) is 11.6 Å². The lowest BCUT2D eigenvalue weighted by Crippen LogP contribution is -2.24. The maximum absolute atomic E-state index is 13.9. The SMILES string of the molecule is O=S(=O)(NCc1c(F)ccc(Cl)c1F)c1cccc2ccccc12. The van der Waals surface area contributed by atoms with Gasteiger partial charge in [-0.1, -0.05) is 48.0 Å². The summed E-state index contributed by atoms with van der Waals surface area (Å²) < 4.78 is 54.9. The normalized spacial score (nSPS) is 11.8. The lowest BCUT2D eigenvalue weighted by molar-refractivity contribution is 0.545. The van der Waals surface area contributed by atoms with Crippen LogP contribution in [0.3, 0.4) is 0 Å². The second-order valence-corrected chi connectivity index (χ2v) is 7.27. The standard InChI is InChI=1S/C17H12ClF2NO2S/c18-14-8-9-15(19)13(17(14)20)10-21-24(22,23)16-7-3-5-11-4-1-2-6-12(11)16/h1-9,21H,10H2. The van der Waals surface area contributed by atoms with Crippen LogP contribution < -0.4 is 4.72 Å². The minimum atomic E-state index is -3.96. The van der Waals surface area contributed by atoms with Crippen LogP contribution in [-0.4, -0.2) is 8.42 Å². The molecule has 124 valence electrons. The van der Waals surface area contributed by atoms with Gasteiger partial charge in [0.25, 0.3) is 0 Å². The molecule has 3 rings (SSSR count). The molecule has 1 N–H and O–H groups in total. The molecule has 0 spiro atoms. The molecule has 0 fully saturated rings. The molecule has 24 heavy (non-hydrogen) atoms. The van der Waals surface area contributed by atoms with Crippen molar-refractivity contribution in [1.29, 1.82) is 0 Å². The van der Waals surface area contributed by atoms with E-state index >= 15 is 0 Å². The Balaban J connectivity index is 1.96. The highest BCUT2D eigenvalue weighted by Gasteiger charge is 2.20. The van der Waals surface area contributed by atoms with Gasteiger partial charge in [-0.2, -0.15) is 0 Å². The summed E-state index contributed by atoms with van der Waals surface area (Å²) in [5.41, 5.74) is -0.425. The van der Waals surface area contributed by atoms with E-state index in [-0.39, 0.29) is 9.92 Å². The zero-order valence-electron chi connectivity index (χ0n) is 12.3. The van der Waals surface area contributed by atoms with Crippen LogP contribution in [0.4, 0.5) is 8.78 Å². The smallest absolute Gasteiger partial charge is 0.207 e. The minimum absolute atomic E-state index is 0.0449. The molecule has 0 aromatic heterocycles. The van der Waals surface area contributed by atoms with Crippen molar-refractivity contribution < 1.29 is 17.2 Å². The number of nitrogens with one attached hydrogen (secondary N) is 1. The molecule has 3 aromatic carbocycles. The maximum Gasteiger partial charge on any atom is 0.241 e. The second kappa shape index (κ2) is 6.47. The topological polar surface area (TPSA) is 46.2 Å². The summed E-state index contributed by atoms with van der Waals surface area (Å²) in [7, 11) is -3.96. The van der Waals surface area contributed by atoms with Crippen molar-refractivity contribution in [2.45, 2.75) is 11.4 Å². The Hall–Kier alpha value is -2.02. The predicted octanol–water partition coefficient (Wildman–Crippen LogP) is 4.25. The van der Waals surface area contributed by atoms with E-state index in [2.05, 4.69) is 4.72 Å². The van der Waals surface area contributed by atoms with Gasteiger partial charge in [0, 0.05) is 17.5 Å². The van der Waals surface area contributed by atoms with Gasteiger partial charge >= 0.3 is 0 Å². The lowest BCUT2D eigenvalue weighted by atomic mass is 10.1. The van der Waals surface area contributed by atoms with Crippen molar-refractivity contribution in [2.75, 3.05) is 0 Å². The molecule has 0 saturated carbocycles. The van der Waals surface area contributed by atoms with Crippen molar-refractivity contribution in [3.63, 3.8) is 0 Å². The number of fused-ring (bicyclic) bond motifs is 1. The summed E-state index contributed by atoms with van der Waals surface area (Å²) in [4.78, 5) is 0.0449. The van der Waals surface area contributed by atoms with E-state index in [9.17, 15) is 17.2 Å². The third-order valence-corrected chi connectivity index (χ3v) is 5.37. The molecule has 0 unspecified atom stereocenters. The molecule has 7 heteroatoms. The molecular weight excluding hydrogens is 356 g/mol. The van der Waals surface area contributed by atoms with Gasteiger partial charge in [0.2, 0.25) is 10.0 Å². The summed E-state index contributed by atoms with van der Waals surface area (Å²) >= 11 is 5.61. The maximum atomic E-state index is 13.9. The monoisotopic (exact) mass is 367 g/mol. The zero-order valence-corrected chi connectivity index (χ0v) is 13.8. The molecule has 0 saturated heterocycles. The van der Waals surface area contributed by atoms with Gasteiger partial charge in [0.1, 0.15) is 11.6 Å².